The maximum Gasteiger partial charge on any atom is 0.410 e. The molecule has 2 amide bonds. The molecule has 0 bridgehead atoms. The van der Waals surface area contributed by atoms with Gasteiger partial charge >= 0.3 is 6.09 Å². The molecule has 3 aromatic rings. The summed E-state index contributed by atoms with van der Waals surface area (Å²) in [6.45, 7) is 11.8. The zero-order valence-electron chi connectivity index (χ0n) is 24.0. The van der Waals surface area contributed by atoms with Crippen LogP contribution in [0, 0.1) is 27.7 Å². The Morgan fingerprint density at radius 3 is 2.32 bits per heavy atom. The van der Waals surface area contributed by atoms with Crippen molar-refractivity contribution in [1.29, 1.82) is 0 Å². The summed E-state index contributed by atoms with van der Waals surface area (Å²) in [6, 6.07) is 11.6. The van der Waals surface area contributed by atoms with Crippen LogP contribution in [0.3, 0.4) is 0 Å². The summed E-state index contributed by atoms with van der Waals surface area (Å²) >= 11 is 0. The van der Waals surface area contributed by atoms with Gasteiger partial charge in [-0.1, -0.05) is 29.8 Å². The number of rotatable bonds is 7. The van der Waals surface area contributed by atoms with Gasteiger partial charge in [-0.25, -0.2) is 19.5 Å². The molecule has 0 fully saturated rings. The molecule has 4 rings (SSSR count). The number of hydrogen-bond acceptors (Lipinski definition) is 8. The maximum atomic E-state index is 13.3. The second-order valence-corrected chi connectivity index (χ2v) is 11.9. The zero-order chi connectivity index (χ0) is 29.9. The van der Waals surface area contributed by atoms with Crippen molar-refractivity contribution in [2.24, 2.45) is 0 Å². The molecule has 1 aliphatic heterocycles. The lowest BCUT2D eigenvalue weighted by atomic mass is 10.0. The van der Waals surface area contributed by atoms with E-state index < -0.39 is 15.9 Å². The smallest absolute Gasteiger partial charge is 0.410 e. The van der Waals surface area contributed by atoms with Gasteiger partial charge in [0.05, 0.1) is 11.8 Å². The van der Waals surface area contributed by atoms with E-state index in [1.807, 2.05) is 39.0 Å². The summed E-state index contributed by atoms with van der Waals surface area (Å²) < 4.78 is 39.5. The minimum Gasteiger partial charge on any atom is -0.447 e. The van der Waals surface area contributed by atoms with E-state index in [9.17, 15) is 18.0 Å². The van der Waals surface area contributed by atoms with Crippen molar-refractivity contribution in [1.82, 2.24) is 19.6 Å². The SMILES string of the molecule is Cc1cc(C)c(Oc2nc(C3=CCN(C(=O)OC(C)C)CC3)ccc2C(=O)NS(=O)(=O)c2cccc(C)n2)c(C)c1. The van der Waals surface area contributed by atoms with Crippen LogP contribution < -0.4 is 9.46 Å². The topological polar surface area (TPSA) is 128 Å². The van der Waals surface area contributed by atoms with Crippen LogP contribution in [0.5, 0.6) is 11.6 Å². The normalized spacial score (nSPS) is 13.5. The van der Waals surface area contributed by atoms with Crippen LogP contribution in [-0.2, 0) is 14.8 Å². The molecule has 1 aromatic carbocycles. The number of pyridine rings is 2. The molecule has 0 radical (unpaired) electrons. The van der Waals surface area contributed by atoms with Crippen LogP contribution in [0.1, 0.15) is 58.7 Å². The van der Waals surface area contributed by atoms with E-state index in [2.05, 4.69) is 14.7 Å². The number of amides is 2. The molecule has 0 aliphatic carbocycles. The Hall–Kier alpha value is -4.25. The van der Waals surface area contributed by atoms with E-state index >= 15 is 0 Å². The second-order valence-electron chi connectivity index (χ2n) is 10.3. The first-order chi connectivity index (χ1) is 19.3. The van der Waals surface area contributed by atoms with Gasteiger partial charge in [0, 0.05) is 18.8 Å². The summed E-state index contributed by atoms with van der Waals surface area (Å²) in [6.07, 6.45) is 1.80. The molecular formula is C30H34N4O6S. The van der Waals surface area contributed by atoms with E-state index in [1.54, 1.807) is 43.9 Å². The van der Waals surface area contributed by atoms with Gasteiger partial charge in [-0.05, 0) is 88.9 Å². The fourth-order valence-electron chi connectivity index (χ4n) is 4.54. The van der Waals surface area contributed by atoms with E-state index in [0.29, 0.717) is 36.6 Å². The zero-order valence-corrected chi connectivity index (χ0v) is 24.8. The molecule has 0 unspecified atom stereocenters. The molecule has 2 aromatic heterocycles. The van der Waals surface area contributed by atoms with Crippen LogP contribution in [0.4, 0.5) is 4.79 Å². The molecule has 0 atom stereocenters. The molecule has 1 N–H and O–H groups in total. The lowest BCUT2D eigenvalue weighted by Gasteiger charge is -2.26. The fourth-order valence-corrected chi connectivity index (χ4v) is 5.52. The summed E-state index contributed by atoms with van der Waals surface area (Å²) in [5, 5.41) is -0.268. The van der Waals surface area contributed by atoms with Crippen molar-refractivity contribution >= 4 is 27.6 Å². The fraction of sp³-hybridized carbons (Fsp3) is 0.333. The molecule has 216 valence electrons. The summed E-state index contributed by atoms with van der Waals surface area (Å²) in [5.74, 6) is -0.409. The highest BCUT2D eigenvalue weighted by atomic mass is 32.2. The Kier molecular flexibility index (Phi) is 8.77. The maximum absolute atomic E-state index is 13.3. The number of aromatic nitrogens is 2. The van der Waals surface area contributed by atoms with Gasteiger partial charge in [-0.2, -0.15) is 8.42 Å². The predicted octanol–water partition coefficient (Wildman–Crippen LogP) is 5.26. The number of benzene rings is 1. The largest absolute Gasteiger partial charge is 0.447 e. The van der Waals surface area contributed by atoms with Gasteiger partial charge in [0.1, 0.15) is 11.3 Å². The van der Waals surface area contributed by atoms with Crippen LogP contribution in [-0.4, -0.2) is 54.5 Å². The number of nitrogens with one attached hydrogen (secondary N) is 1. The number of aryl methyl sites for hydroxylation is 4. The average Bonchev–Trinajstić information content (AvgIpc) is 2.90. The quantitative estimate of drug-likeness (QED) is 0.402. The van der Waals surface area contributed by atoms with E-state index in [4.69, 9.17) is 9.47 Å². The van der Waals surface area contributed by atoms with Crippen LogP contribution in [0.2, 0.25) is 0 Å². The van der Waals surface area contributed by atoms with Gasteiger partial charge in [-0.3, -0.25) is 4.79 Å². The number of carbonyl (C=O) groups excluding carboxylic acids is 2. The average molecular weight is 579 g/mol. The van der Waals surface area contributed by atoms with Gasteiger partial charge in [0.15, 0.2) is 5.03 Å². The van der Waals surface area contributed by atoms with Gasteiger partial charge in [0.2, 0.25) is 5.88 Å². The third-order valence-electron chi connectivity index (χ3n) is 6.41. The van der Waals surface area contributed by atoms with Crippen molar-refractivity contribution in [3.8, 4) is 11.6 Å². The third kappa shape index (κ3) is 7.10. The van der Waals surface area contributed by atoms with Crippen LogP contribution in [0.15, 0.2) is 53.6 Å². The summed E-state index contributed by atoms with van der Waals surface area (Å²) in [5.41, 5.74) is 4.60. The molecule has 41 heavy (non-hydrogen) atoms. The lowest BCUT2D eigenvalue weighted by molar-refractivity contribution is 0.0798. The van der Waals surface area contributed by atoms with Crippen LogP contribution in [0.25, 0.3) is 5.57 Å². The second kappa shape index (κ2) is 12.1. The Morgan fingerprint density at radius 2 is 1.71 bits per heavy atom. The molecule has 1 aliphatic rings. The lowest BCUT2D eigenvalue weighted by Crippen LogP contribution is -2.36. The standard InChI is InChI=1S/C30H34N4O6S/c1-18(2)39-30(36)34-14-12-23(13-15-34)25-11-10-24(28(35)33-41(37,38)26-9-7-8-22(6)31-26)29(32-25)40-27-20(4)16-19(3)17-21(27)5/h7-12,16-18H,13-15H2,1-6H3,(H,33,35). The number of hydrogen-bond donors (Lipinski definition) is 1. The summed E-state index contributed by atoms with van der Waals surface area (Å²) in [7, 11) is -4.25. The first kappa shape index (κ1) is 29.7. The molecule has 0 spiro atoms. The molecule has 11 heteroatoms. The number of nitrogens with zero attached hydrogens (tertiary/aromatic N) is 3. The third-order valence-corrected chi connectivity index (χ3v) is 7.64. The number of carbonyl (C=O) groups is 2. The highest BCUT2D eigenvalue weighted by Gasteiger charge is 2.26. The van der Waals surface area contributed by atoms with Crippen molar-refractivity contribution in [3.63, 3.8) is 0 Å². The molecule has 3 heterocycles. The molecule has 10 nitrogen and oxygen atoms in total. The number of ether oxygens (including phenoxy) is 2. The van der Waals surface area contributed by atoms with Crippen LogP contribution >= 0.6 is 0 Å². The molecule has 0 saturated heterocycles. The summed E-state index contributed by atoms with van der Waals surface area (Å²) in [4.78, 5) is 35.9. The monoisotopic (exact) mass is 578 g/mol. The molecular weight excluding hydrogens is 544 g/mol. The van der Waals surface area contributed by atoms with E-state index in [1.165, 1.54) is 12.1 Å². The van der Waals surface area contributed by atoms with Gasteiger partial charge in [0.25, 0.3) is 15.9 Å². The van der Waals surface area contributed by atoms with Crippen molar-refractivity contribution in [2.45, 2.75) is 59.1 Å². The van der Waals surface area contributed by atoms with E-state index in [0.717, 1.165) is 22.3 Å². The van der Waals surface area contributed by atoms with Gasteiger partial charge in [-0.15, -0.1) is 0 Å². The first-order valence-electron chi connectivity index (χ1n) is 13.3. The first-order valence-corrected chi connectivity index (χ1v) is 14.7. The predicted molar refractivity (Wildman–Crippen MR) is 154 cm³/mol. The Labute approximate surface area is 240 Å². The minimum absolute atomic E-state index is 0.0370. The highest BCUT2D eigenvalue weighted by molar-refractivity contribution is 7.90. The minimum atomic E-state index is -4.25. The Balaban J connectivity index is 1.69. The Bertz CT molecular complexity index is 1610. The van der Waals surface area contributed by atoms with E-state index in [-0.39, 0.29) is 28.7 Å². The highest BCUT2D eigenvalue weighted by Crippen LogP contribution is 2.33. The van der Waals surface area contributed by atoms with Gasteiger partial charge < -0.3 is 14.4 Å². The van der Waals surface area contributed by atoms with Crippen molar-refractivity contribution < 1.29 is 27.5 Å². The Morgan fingerprint density at radius 1 is 1.00 bits per heavy atom. The van der Waals surface area contributed by atoms with Crippen molar-refractivity contribution in [3.05, 3.63) is 82.2 Å². The van der Waals surface area contributed by atoms with Crippen molar-refractivity contribution in [2.75, 3.05) is 13.1 Å². The number of sulfonamides is 1. The molecule has 0 saturated carbocycles.